The molecule has 0 aromatic heterocycles. The quantitative estimate of drug-likeness (QED) is 0.739. The van der Waals surface area contributed by atoms with E-state index in [4.69, 9.17) is 4.74 Å². The minimum atomic E-state index is -0.186. The van der Waals surface area contributed by atoms with Crippen molar-refractivity contribution in [3.63, 3.8) is 0 Å². The zero-order valence-electron chi connectivity index (χ0n) is 12.4. The van der Waals surface area contributed by atoms with E-state index in [9.17, 15) is 4.39 Å². The minimum absolute atomic E-state index is 0.120. The number of nitrogens with one attached hydrogen (secondary N) is 1. The summed E-state index contributed by atoms with van der Waals surface area (Å²) in [7, 11) is 0. The van der Waals surface area contributed by atoms with Crippen LogP contribution in [0.15, 0.2) is 54.6 Å². The maximum atomic E-state index is 13.0. The molecule has 0 heterocycles. The van der Waals surface area contributed by atoms with E-state index in [0.717, 1.165) is 18.5 Å². The second kappa shape index (κ2) is 8.55. The third-order valence-electron chi connectivity index (χ3n) is 3.35. The first-order valence-corrected chi connectivity index (χ1v) is 7.37. The Hall–Kier alpha value is -1.71. The molecule has 0 saturated heterocycles. The molecule has 0 fully saturated rings. The van der Waals surface area contributed by atoms with Gasteiger partial charge >= 0.3 is 0 Å². The van der Waals surface area contributed by atoms with Crippen LogP contribution in [0.2, 0.25) is 0 Å². The van der Waals surface area contributed by atoms with Crippen LogP contribution in [0.3, 0.4) is 0 Å². The molecule has 0 amide bonds. The predicted molar refractivity (Wildman–Crippen MR) is 83.5 cm³/mol. The fourth-order valence-electron chi connectivity index (χ4n) is 2.16. The van der Waals surface area contributed by atoms with E-state index in [-0.39, 0.29) is 11.9 Å². The lowest BCUT2D eigenvalue weighted by Crippen LogP contribution is -2.16. The lowest BCUT2D eigenvalue weighted by atomic mass is 10.1. The number of halogens is 1. The van der Waals surface area contributed by atoms with Crippen molar-refractivity contribution >= 4 is 0 Å². The third kappa shape index (κ3) is 5.66. The molecule has 2 rings (SSSR count). The SMILES string of the molecule is CC(OCCCNCc1cccc(F)c1)c1ccccc1. The second-order valence-corrected chi connectivity index (χ2v) is 5.08. The van der Waals surface area contributed by atoms with Gasteiger partial charge in [0, 0.05) is 13.2 Å². The van der Waals surface area contributed by atoms with Crippen LogP contribution >= 0.6 is 0 Å². The monoisotopic (exact) mass is 287 g/mol. The minimum Gasteiger partial charge on any atom is -0.374 e. The van der Waals surface area contributed by atoms with Crippen molar-refractivity contribution < 1.29 is 9.13 Å². The van der Waals surface area contributed by atoms with Gasteiger partial charge in [-0.1, -0.05) is 42.5 Å². The average molecular weight is 287 g/mol. The fraction of sp³-hybridized carbons (Fsp3) is 0.333. The molecule has 0 saturated carbocycles. The highest BCUT2D eigenvalue weighted by atomic mass is 19.1. The first-order valence-electron chi connectivity index (χ1n) is 7.37. The van der Waals surface area contributed by atoms with Crippen molar-refractivity contribution in [2.24, 2.45) is 0 Å². The highest BCUT2D eigenvalue weighted by Crippen LogP contribution is 2.15. The van der Waals surface area contributed by atoms with E-state index < -0.39 is 0 Å². The van der Waals surface area contributed by atoms with Crippen LogP contribution in [0.25, 0.3) is 0 Å². The zero-order valence-corrected chi connectivity index (χ0v) is 12.4. The second-order valence-electron chi connectivity index (χ2n) is 5.08. The van der Waals surface area contributed by atoms with Crippen molar-refractivity contribution in [2.75, 3.05) is 13.2 Å². The van der Waals surface area contributed by atoms with E-state index in [1.165, 1.54) is 11.6 Å². The summed E-state index contributed by atoms with van der Waals surface area (Å²) < 4.78 is 18.8. The summed E-state index contributed by atoms with van der Waals surface area (Å²) in [6.07, 6.45) is 1.06. The van der Waals surface area contributed by atoms with Crippen LogP contribution in [0.5, 0.6) is 0 Å². The molecule has 1 atom stereocenters. The Morgan fingerprint density at radius 2 is 1.90 bits per heavy atom. The summed E-state index contributed by atoms with van der Waals surface area (Å²) in [6, 6.07) is 16.9. The van der Waals surface area contributed by atoms with Gasteiger partial charge in [0.2, 0.25) is 0 Å². The average Bonchev–Trinajstić information content (AvgIpc) is 2.51. The van der Waals surface area contributed by atoms with E-state index >= 15 is 0 Å². The molecule has 112 valence electrons. The molecule has 0 radical (unpaired) electrons. The molecule has 2 aromatic rings. The maximum absolute atomic E-state index is 13.0. The maximum Gasteiger partial charge on any atom is 0.123 e. The van der Waals surface area contributed by atoms with E-state index in [1.54, 1.807) is 12.1 Å². The summed E-state index contributed by atoms with van der Waals surface area (Å²) in [6.45, 7) is 4.33. The van der Waals surface area contributed by atoms with E-state index in [2.05, 4.69) is 24.4 Å². The molecule has 0 spiro atoms. The molecular formula is C18H22FNO. The van der Waals surface area contributed by atoms with E-state index in [0.29, 0.717) is 13.2 Å². The van der Waals surface area contributed by atoms with Gasteiger partial charge in [-0.3, -0.25) is 0 Å². The van der Waals surface area contributed by atoms with Gasteiger partial charge in [0.05, 0.1) is 6.10 Å². The van der Waals surface area contributed by atoms with Crippen molar-refractivity contribution in [3.05, 3.63) is 71.5 Å². The number of hydrogen-bond acceptors (Lipinski definition) is 2. The van der Waals surface area contributed by atoms with Crippen LogP contribution in [-0.2, 0) is 11.3 Å². The lowest BCUT2D eigenvalue weighted by molar-refractivity contribution is 0.0640. The van der Waals surface area contributed by atoms with Crippen molar-refractivity contribution in [2.45, 2.75) is 26.0 Å². The van der Waals surface area contributed by atoms with Gasteiger partial charge in [-0.2, -0.15) is 0 Å². The Bertz CT molecular complexity index is 530. The van der Waals surface area contributed by atoms with Crippen LogP contribution in [0.4, 0.5) is 4.39 Å². The standard InChI is InChI=1S/C18H22FNO/c1-15(17-8-3-2-4-9-17)21-12-6-11-20-14-16-7-5-10-18(19)13-16/h2-5,7-10,13,15,20H,6,11-12,14H2,1H3. The van der Waals surface area contributed by atoms with Gasteiger partial charge in [-0.15, -0.1) is 0 Å². The fourth-order valence-corrected chi connectivity index (χ4v) is 2.16. The Morgan fingerprint density at radius 3 is 2.67 bits per heavy atom. The van der Waals surface area contributed by atoms with Gasteiger partial charge in [0.25, 0.3) is 0 Å². The first kappa shape index (κ1) is 15.7. The van der Waals surface area contributed by atoms with Gasteiger partial charge < -0.3 is 10.1 Å². The Kier molecular flexibility index (Phi) is 6.38. The van der Waals surface area contributed by atoms with Crippen LogP contribution in [-0.4, -0.2) is 13.2 Å². The number of rotatable bonds is 8. The summed E-state index contributed by atoms with van der Waals surface area (Å²) in [4.78, 5) is 0. The molecule has 2 nitrogen and oxygen atoms in total. The normalized spacial score (nSPS) is 12.3. The molecule has 0 bridgehead atoms. The Morgan fingerprint density at radius 1 is 1.10 bits per heavy atom. The third-order valence-corrected chi connectivity index (χ3v) is 3.35. The molecule has 21 heavy (non-hydrogen) atoms. The largest absolute Gasteiger partial charge is 0.374 e. The number of ether oxygens (including phenoxy) is 1. The first-order chi connectivity index (χ1) is 10.3. The van der Waals surface area contributed by atoms with E-state index in [1.807, 2.05) is 24.3 Å². The number of hydrogen-bond donors (Lipinski definition) is 1. The highest BCUT2D eigenvalue weighted by Gasteiger charge is 2.03. The molecule has 0 aliphatic carbocycles. The summed E-state index contributed by atoms with van der Waals surface area (Å²) >= 11 is 0. The topological polar surface area (TPSA) is 21.3 Å². The smallest absolute Gasteiger partial charge is 0.123 e. The van der Waals surface area contributed by atoms with Crippen LogP contribution in [0.1, 0.15) is 30.6 Å². The molecule has 1 N–H and O–H groups in total. The van der Waals surface area contributed by atoms with Crippen molar-refractivity contribution in [3.8, 4) is 0 Å². The summed E-state index contributed by atoms with van der Waals surface area (Å²) in [5, 5.41) is 3.30. The van der Waals surface area contributed by atoms with Gasteiger partial charge in [0.15, 0.2) is 0 Å². The molecule has 3 heteroatoms. The molecule has 0 aliphatic heterocycles. The van der Waals surface area contributed by atoms with Crippen LogP contribution in [0, 0.1) is 5.82 Å². The van der Waals surface area contributed by atoms with Gasteiger partial charge in [-0.25, -0.2) is 4.39 Å². The van der Waals surface area contributed by atoms with Crippen LogP contribution < -0.4 is 5.32 Å². The predicted octanol–water partition coefficient (Wildman–Crippen LogP) is 4.08. The molecule has 1 unspecified atom stereocenters. The van der Waals surface area contributed by atoms with Gasteiger partial charge in [0.1, 0.15) is 5.82 Å². The number of benzene rings is 2. The van der Waals surface area contributed by atoms with Gasteiger partial charge in [-0.05, 0) is 43.1 Å². The molecular weight excluding hydrogens is 265 g/mol. The lowest BCUT2D eigenvalue weighted by Gasteiger charge is -2.13. The van der Waals surface area contributed by atoms with Crippen molar-refractivity contribution in [1.29, 1.82) is 0 Å². The highest BCUT2D eigenvalue weighted by molar-refractivity contribution is 5.17. The zero-order chi connectivity index (χ0) is 14.9. The Balaban J connectivity index is 1.58. The molecule has 0 aliphatic rings. The summed E-state index contributed by atoms with van der Waals surface area (Å²) in [5.74, 6) is -0.186. The Labute approximate surface area is 126 Å². The van der Waals surface area contributed by atoms with Crippen molar-refractivity contribution in [1.82, 2.24) is 5.32 Å². The molecule has 2 aromatic carbocycles. The summed E-state index contributed by atoms with van der Waals surface area (Å²) in [5.41, 5.74) is 2.17.